The van der Waals surface area contributed by atoms with Crippen LogP contribution in [0.5, 0.6) is 0 Å². The van der Waals surface area contributed by atoms with Crippen LogP contribution in [0.1, 0.15) is 22.0 Å². The van der Waals surface area contributed by atoms with E-state index in [1.807, 2.05) is 0 Å². The third-order valence-corrected chi connectivity index (χ3v) is 3.02. The first kappa shape index (κ1) is 13.7. The normalized spacial score (nSPS) is 18.2. The first-order valence-corrected chi connectivity index (χ1v) is 7.26. The molecule has 0 fully saturated rings. The van der Waals surface area contributed by atoms with E-state index in [-0.39, 0.29) is 0 Å². The van der Waals surface area contributed by atoms with Gasteiger partial charge in [-0.25, -0.2) is 4.98 Å². The van der Waals surface area contributed by atoms with Gasteiger partial charge in [-0.1, -0.05) is 17.6 Å². The smallest absolute Gasteiger partial charge is 0.343 e. The molecule has 0 saturated heterocycles. The zero-order valence-corrected chi connectivity index (χ0v) is 13.8. The average Bonchev–Trinajstić information content (AvgIpc) is 2.64. The lowest BCUT2D eigenvalue weighted by atomic mass is 10.3. The maximum atomic E-state index is 13.2. The van der Waals surface area contributed by atoms with Crippen LogP contribution in [0.25, 0.3) is 11.5 Å². The van der Waals surface area contributed by atoms with Gasteiger partial charge in [0.25, 0.3) is 0 Å². The Morgan fingerprint density at radius 3 is 2.04 bits per heavy atom. The summed E-state index contributed by atoms with van der Waals surface area (Å²) in [5.74, 6) is -2.83. The van der Waals surface area contributed by atoms with Gasteiger partial charge in [0.05, 0.1) is 4.11 Å². The number of hydrogen-bond acceptors (Lipinski definition) is 6. The van der Waals surface area contributed by atoms with Crippen LogP contribution in [-0.4, -0.2) is 44.4 Å². The van der Waals surface area contributed by atoms with E-state index in [0.29, 0.717) is 6.92 Å². The molecule has 2 atom stereocenters. The molecule has 2 heterocycles. The SMILES string of the molecule is [2H]c1c(Cl)nc(-c2nc(N[C@H](C([2H])([2H])[2H])C(F)(F)F)nc(N[C@H](C)C(F)(F)F)n2)c([2H])c1[2H]. The Balaban J connectivity index is 2.68. The van der Waals surface area contributed by atoms with Crippen LogP contribution in [0.3, 0.4) is 0 Å². The Labute approximate surface area is 162 Å². The van der Waals surface area contributed by atoms with Crippen molar-refractivity contribution in [2.45, 2.75) is 38.2 Å². The van der Waals surface area contributed by atoms with Crippen molar-refractivity contribution in [2.24, 2.45) is 0 Å². The fourth-order valence-corrected chi connectivity index (χ4v) is 1.63. The Morgan fingerprint density at radius 2 is 1.52 bits per heavy atom. The fourth-order valence-electron chi connectivity index (χ4n) is 1.50. The van der Waals surface area contributed by atoms with Crippen molar-refractivity contribution in [3.8, 4) is 11.5 Å². The minimum atomic E-state index is -5.34. The molecule has 0 aliphatic carbocycles. The third-order valence-electron chi connectivity index (χ3n) is 2.84. The van der Waals surface area contributed by atoms with Crippen LogP contribution in [0, 0.1) is 0 Å². The number of rotatable bonds is 5. The first-order chi connectivity index (χ1) is 14.8. The average molecular weight is 421 g/mol. The summed E-state index contributed by atoms with van der Waals surface area (Å²) in [5, 5.41) is 2.68. The van der Waals surface area contributed by atoms with E-state index in [4.69, 9.17) is 19.8 Å². The van der Waals surface area contributed by atoms with E-state index in [0.717, 1.165) is 0 Å². The van der Waals surface area contributed by atoms with Gasteiger partial charge in [0, 0.05) is 4.11 Å². The molecule has 2 aromatic heterocycles. The van der Waals surface area contributed by atoms with Crippen LogP contribution >= 0.6 is 11.6 Å². The van der Waals surface area contributed by atoms with Gasteiger partial charge in [-0.05, 0) is 25.9 Å². The predicted molar refractivity (Wildman–Crippen MR) is 86.3 cm³/mol. The molecular formula is C14H13ClF6N6. The number of hydrogen-bond donors (Lipinski definition) is 2. The van der Waals surface area contributed by atoms with E-state index in [9.17, 15) is 26.3 Å². The second-order valence-corrected chi connectivity index (χ2v) is 5.32. The summed E-state index contributed by atoms with van der Waals surface area (Å²) in [6.45, 7) is -3.00. The summed E-state index contributed by atoms with van der Waals surface area (Å²) in [5.41, 5.74) is -0.661. The van der Waals surface area contributed by atoms with Gasteiger partial charge < -0.3 is 10.6 Å². The van der Waals surface area contributed by atoms with Crippen LogP contribution < -0.4 is 10.6 Å². The quantitative estimate of drug-likeness (QED) is 0.554. The van der Waals surface area contributed by atoms with Gasteiger partial charge in [-0.15, -0.1) is 0 Å². The predicted octanol–water partition coefficient (Wildman–Crippen LogP) is 4.31. The lowest BCUT2D eigenvalue weighted by Crippen LogP contribution is -2.35. The van der Waals surface area contributed by atoms with Crippen molar-refractivity contribution in [2.75, 3.05) is 10.6 Å². The summed E-state index contributed by atoms with van der Waals surface area (Å²) < 4.78 is 123. The van der Waals surface area contributed by atoms with Crippen LogP contribution in [0.2, 0.25) is 5.15 Å². The van der Waals surface area contributed by atoms with E-state index in [1.54, 1.807) is 5.32 Å². The zero-order chi connectivity index (χ0) is 25.5. The molecule has 148 valence electrons. The van der Waals surface area contributed by atoms with E-state index in [2.05, 4.69) is 19.9 Å². The Bertz CT molecular complexity index is 1020. The molecule has 2 rings (SSSR count). The van der Waals surface area contributed by atoms with Crippen molar-refractivity contribution >= 4 is 23.5 Å². The highest BCUT2D eigenvalue weighted by atomic mass is 35.5. The van der Waals surface area contributed by atoms with Crippen molar-refractivity contribution in [1.82, 2.24) is 19.9 Å². The van der Waals surface area contributed by atoms with Gasteiger partial charge in [-0.3, -0.25) is 0 Å². The molecule has 6 nitrogen and oxygen atoms in total. The van der Waals surface area contributed by atoms with E-state index < -0.39 is 78.0 Å². The lowest BCUT2D eigenvalue weighted by molar-refractivity contribution is -0.139. The monoisotopic (exact) mass is 420 g/mol. The highest BCUT2D eigenvalue weighted by molar-refractivity contribution is 6.29. The Kier molecular flexibility index (Phi) is 3.92. The van der Waals surface area contributed by atoms with Gasteiger partial charge >= 0.3 is 12.4 Å². The fraction of sp³-hybridized carbons (Fsp3) is 0.429. The van der Waals surface area contributed by atoms with Gasteiger partial charge in [0.2, 0.25) is 11.9 Å². The van der Waals surface area contributed by atoms with Gasteiger partial charge in [0.15, 0.2) is 5.82 Å². The Hall–Kier alpha value is -2.37. The molecule has 0 saturated carbocycles. The number of nitrogens with zero attached hydrogens (tertiary/aromatic N) is 4. The zero-order valence-electron chi connectivity index (χ0n) is 19.1. The summed E-state index contributed by atoms with van der Waals surface area (Å²) in [7, 11) is 0. The summed E-state index contributed by atoms with van der Waals surface area (Å²) in [6.07, 6.45) is -10.2. The Morgan fingerprint density at radius 1 is 0.963 bits per heavy atom. The minimum Gasteiger partial charge on any atom is -0.343 e. The minimum absolute atomic E-state index is 0.616. The molecule has 0 spiro atoms. The topological polar surface area (TPSA) is 75.6 Å². The summed E-state index contributed by atoms with van der Waals surface area (Å²) >= 11 is 5.69. The maximum Gasteiger partial charge on any atom is 0.408 e. The molecule has 0 aliphatic heterocycles. The molecule has 2 aromatic rings. The molecular weight excluding hydrogens is 402 g/mol. The second-order valence-electron chi connectivity index (χ2n) is 4.96. The summed E-state index contributed by atoms with van der Waals surface area (Å²) in [4.78, 5) is 14.1. The third kappa shape index (κ3) is 5.81. The van der Waals surface area contributed by atoms with E-state index >= 15 is 0 Å². The first-order valence-electron chi connectivity index (χ1n) is 9.88. The lowest BCUT2D eigenvalue weighted by Gasteiger charge is -2.20. The van der Waals surface area contributed by atoms with Crippen molar-refractivity contribution in [1.29, 1.82) is 0 Å². The molecule has 0 unspecified atom stereocenters. The largest absolute Gasteiger partial charge is 0.408 e. The standard InChI is InChI=1S/C14H13ClF6N6/c1-6(13(16,17)18)22-11-25-10(8-4-3-5-9(15)24-8)26-12(27-11)23-7(2)14(19,20)21/h3-7H,1-2H3,(H2,22,23,25,26,27)/t6-,7-/m1/s1/i1D3,3D,4D,5D. The number of anilines is 2. The number of aromatic nitrogens is 4. The van der Waals surface area contributed by atoms with Crippen molar-refractivity contribution < 1.29 is 34.6 Å². The number of nitrogens with one attached hydrogen (secondary N) is 2. The van der Waals surface area contributed by atoms with E-state index in [1.165, 1.54) is 5.32 Å². The maximum absolute atomic E-state index is 13.2. The molecule has 0 radical (unpaired) electrons. The molecule has 2 N–H and O–H groups in total. The van der Waals surface area contributed by atoms with Gasteiger partial charge in [0.1, 0.15) is 22.9 Å². The van der Waals surface area contributed by atoms with Gasteiger partial charge in [-0.2, -0.15) is 41.3 Å². The summed E-state index contributed by atoms with van der Waals surface area (Å²) in [6, 6.07) is -7.74. The molecule has 0 aliphatic rings. The molecule has 13 heteroatoms. The van der Waals surface area contributed by atoms with Crippen LogP contribution in [-0.2, 0) is 0 Å². The van der Waals surface area contributed by atoms with Crippen molar-refractivity contribution in [3.05, 3.63) is 23.3 Å². The molecule has 0 bridgehead atoms. The number of pyridine rings is 1. The second kappa shape index (κ2) is 7.71. The molecule has 0 aromatic carbocycles. The van der Waals surface area contributed by atoms with Crippen molar-refractivity contribution in [3.63, 3.8) is 0 Å². The highest BCUT2D eigenvalue weighted by Crippen LogP contribution is 2.26. The number of halogens is 7. The number of alkyl halides is 6. The molecule has 27 heavy (non-hydrogen) atoms. The van der Waals surface area contributed by atoms with Crippen LogP contribution in [0.15, 0.2) is 18.1 Å². The molecule has 0 amide bonds. The highest BCUT2D eigenvalue weighted by Gasteiger charge is 2.38. The van der Waals surface area contributed by atoms with Crippen LogP contribution in [0.4, 0.5) is 38.2 Å².